The Hall–Kier alpha value is -3.94. The second-order valence-corrected chi connectivity index (χ2v) is 10.6. The molecule has 7 nitrogen and oxygen atoms in total. The molecule has 204 valence electrons. The number of nitrogens with zero attached hydrogens (tertiary/aromatic N) is 4. The standard InChI is InChI=1S/C32H32ClN5O2/c1-39-24-15-13-23(14-16-24)35-28-19-31-29(18-27(28)37-26-7-5-17-34-32(26)40-2)36-25-6-3-4-8-30(25)38(31)20-21-9-11-22(33)12-10-21/h3-12,17-19,23-24,37H,13-16,20H2,1-2H3. The van der Waals surface area contributed by atoms with Crippen LogP contribution in [-0.4, -0.2) is 40.9 Å². The number of anilines is 2. The van der Waals surface area contributed by atoms with E-state index in [1.54, 1.807) is 20.4 Å². The van der Waals surface area contributed by atoms with Crippen LogP contribution in [0.15, 0.2) is 84.0 Å². The molecule has 3 aliphatic rings. The summed E-state index contributed by atoms with van der Waals surface area (Å²) in [6.45, 7) is 0.679. The van der Waals surface area contributed by atoms with Crippen molar-refractivity contribution in [3.8, 4) is 17.3 Å². The lowest BCUT2D eigenvalue weighted by molar-refractivity contribution is 0.0663. The average molecular weight is 554 g/mol. The molecule has 3 aromatic rings. The number of methoxy groups -OCH3 is 2. The van der Waals surface area contributed by atoms with E-state index in [0.29, 0.717) is 18.5 Å². The largest absolute Gasteiger partial charge is 0.480 e. The molecule has 1 fully saturated rings. The van der Waals surface area contributed by atoms with Crippen molar-refractivity contribution >= 4 is 34.0 Å². The Kier molecular flexibility index (Phi) is 7.66. The smallest absolute Gasteiger partial charge is 0.237 e. The monoisotopic (exact) mass is 553 g/mol. The number of pyridine rings is 1. The first kappa shape index (κ1) is 26.3. The number of benzene rings is 3. The van der Waals surface area contributed by atoms with Gasteiger partial charge in [0.15, 0.2) is 0 Å². The highest BCUT2D eigenvalue weighted by Gasteiger charge is 2.21. The Morgan fingerprint density at radius 3 is 2.52 bits per heavy atom. The summed E-state index contributed by atoms with van der Waals surface area (Å²) in [5.41, 5.74) is 6.68. The van der Waals surface area contributed by atoms with Gasteiger partial charge in [-0.05, 0) is 79.8 Å². The molecule has 2 aromatic carbocycles. The lowest BCUT2D eigenvalue weighted by Crippen LogP contribution is -2.25. The molecule has 0 radical (unpaired) electrons. The minimum atomic E-state index is 0.221. The second kappa shape index (κ2) is 11.7. The van der Waals surface area contributed by atoms with E-state index in [2.05, 4.69) is 57.3 Å². The maximum Gasteiger partial charge on any atom is 0.237 e. The number of para-hydroxylation sites is 2. The van der Waals surface area contributed by atoms with Crippen molar-refractivity contribution in [2.45, 2.75) is 44.4 Å². The highest BCUT2D eigenvalue weighted by molar-refractivity contribution is 6.30. The van der Waals surface area contributed by atoms with Crippen LogP contribution in [0.5, 0.6) is 5.88 Å². The van der Waals surface area contributed by atoms with E-state index in [0.717, 1.165) is 75.4 Å². The molecule has 0 saturated heterocycles. The van der Waals surface area contributed by atoms with Gasteiger partial charge in [0.1, 0.15) is 5.69 Å². The zero-order chi connectivity index (χ0) is 27.5. The molecule has 8 heteroatoms. The highest BCUT2D eigenvalue weighted by atomic mass is 35.5. The van der Waals surface area contributed by atoms with Crippen molar-refractivity contribution < 1.29 is 9.47 Å². The molecule has 2 aliphatic carbocycles. The van der Waals surface area contributed by atoms with E-state index in [9.17, 15) is 0 Å². The van der Waals surface area contributed by atoms with Crippen LogP contribution in [-0.2, 0) is 11.3 Å². The molecule has 1 aliphatic heterocycles. The van der Waals surface area contributed by atoms with Gasteiger partial charge in [-0.3, -0.25) is 4.99 Å². The Labute approximate surface area is 238 Å². The van der Waals surface area contributed by atoms with Crippen molar-refractivity contribution in [3.05, 3.63) is 94.9 Å². The van der Waals surface area contributed by atoms with Crippen LogP contribution >= 0.6 is 11.6 Å². The van der Waals surface area contributed by atoms with Gasteiger partial charge in [0.05, 0.1) is 52.7 Å². The first-order chi connectivity index (χ1) is 19.6. The van der Waals surface area contributed by atoms with Gasteiger partial charge in [0.2, 0.25) is 5.88 Å². The fourth-order valence-electron chi connectivity index (χ4n) is 5.47. The maximum absolute atomic E-state index is 6.18. The van der Waals surface area contributed by atoms with Crippen LogP contribution in [0.25, 0.3) is 22.4 Å². The molecule has 1 saturated carbocycles. The first-order valence-corrected chi connectivity index (χ1v) is 14.0. The third kappa shape index (κ3) is 5.53. The topological polar surface area (TPSA) is 73.6 Å². The summed E-state index contributed by atoms with van der Waals surface area (Å²) >= 11 is 6.18. The Bertz CT molecular complexity index is 1660. The van der Waals surface area contributed by atoms with E-state index in [-0.39, 0.29) is 6.04 Å². The number of hydrogen-bond acceptors (Lipinski definition) is 6. The molecule has 0 unspecified atom stereocenters. The second-order valence-electron chi connectivity index (χ2n) is 10.2. The van der Waals surface area contributed by atoms with Gasteiger partial charge >= 0.3 is 0 Å². The summed E-state index contributed by atoms with van der Waals surface area (Å²) < 4.78 is 13.4. The summed E-state index contributed by atoms with van der Waals surface area (Å²) in [5, 5.41) is 5.16. The van der Waals surface area contributed by atoms with E-state index in [4.69, 9.17) is 31.1 Å². The van der Waals surface area contributed by atoms with Crippen LogP contribution in [0.3, 0.4) is 0 Å². The molecule has 2 heterocycles. The lowest BCUT2D eigenvalue weighted by Gasteiger charge is -2.25. The van der Waals surface area contributed by atoms with Gasteiger partial charge < -0.3 is 19.4 Å². The third-order valence-electron chi connectivity index (χ3n) is 7.58. The fraction of sp³-hybridized carbons (Fsp3) is 0.281. The number of ether oxygens (including phenoxy) is 2. The molecule has 0 amide bonds. The number of halogens is 1. The molecule has 6 rings (SSSR count). The summed E-state index contributed by atoms with van der Waals surface area (Å²) in [6.07, 6.45) is 6.05. The molecule has 1 N–H and O–H groups in total. The minimum absolute atomic E-state index is 0.221. The van der Waals surface area contributed by atoms with Gasteiger partial charge in [0.25, 0.3) is 0 Å². The first-order valence-electron chi connectivity index (χ1n) is 13.6. The number of fused-ring (bicyclic) bond motifs is 2. The van der Waals surface area contributed by atoms with Crippen molar-refractivity contribution in [2.75, 3.05) is 19.5 Å². The normalized spacial score (nSPS) is 17.8. The molecular weight excluding hydrogens is 522 g/mol. The van der Waals surface area contributed by atoms with Crippen molar-refractivity contribution in [3.63, 3.8) is 0 Å². The molecule has 1 aromatic heterocycles. The van der Waals surface area contributed by atoms with E-state index in [1.165, 1.54) is 0 Å². The van der Waals surface area contributed by atoms with Crippen molar-refractivity contribution in [1.29, 1.82) is 0 Å². The number of hydrogen-bond donors (Lipinski definition) is 1. The third-order valence-corrected chi connectivity index (χ3v) is 7.84. The number of rotatable bonds is 7. The quantitative estimate of drug-likeness (QED) is 0.223. The van der Waals surface area contributed by atoms with Gasteiger partial charge in [0, 0.05) is 24.9 Å². The fourth-order valence-corrected chi connectivity index (χ4v) is 5.59. The highest BCUT2D eigenvalue weighted by Crippen LogP contribution is 2.31. The van der Waals surface area contributed by atoms with Gasteiger partial charge in [-0.1, -0.05) is 35.9 Å². The average Bonchev–Trinajstić information content (AvgIpc) is 2.99. The summed E-state index contributed by atoms with van der Waals surface area (Å²) in [4.78, 5) is 14.7. The summed E-state index contributed by atoms with van der Waals surface area (Å²) in [6, 6.07) is 24.6. The van der Waals surface area contributed by atoms with Gasteiger partial charge in [-0.2, -0.15) is 0 Å². The molecule has 0 atom stereocenters. The number of aromatic nitrogens is 3. The summed E-state index contributed by atoms with van der Waals surface area (Å²) in [5.74, 6) is 0.526. The van der Waals surface area contributed by atoms with E-state index < -0.39 is 0 Å². The van der Waals surface area contributed by atoms with Crippen molar-refractivity contribution in [1.82, 2.24) is 14.5 Å². The van der Waals surface area contributed by atoms with Crippen LogP contribution in [0.1, 0.15) is 31.2 Å². The zero-order valence-corrected chi connectivity index (χ0v) is 23.4. The predicted octanol–water partition coefficient (Wildman–Crippen LogP) is 6.85. The zero-order valence-electron chi connectivity index (χ0n) is 22.7. The van der Waals surface area contributed by atoms with E-state index >= 15 is 0 Å². The molecule has 0 bridgehead atoms. The van der Waals surface area contributed by atoms with Gasteiger partial charge in [-0.15, -0.1) is 0 Å². The predicted molar refractivity (Wildman–Crippen MR) is 160 cm³/mol. The number of nitrogens with one attached hydrogen (secondary N) is 1. The molecule has 0 spiro atoms. The molecular formula is C32H32ClN5O2. The Balaban J connectivity index is 1.53. The minimum Gasteiger partial charge on any atom is -0.480 e. The van der Waals surface area contributed by atoms with Crippen molar-refractivity contribution in [2.24, 2.45) is 4.99 Å². The lowest BCUT2D eigenvalue weighted by atomic mass is 9.93. The Morgan fingerprint density at radius 2 is 1.75 bits per heavy atom. The SMILES string of the molecule is COc1ncccc1Nc1cc2nc3ccccc3n(Cc3ccc(Cl)cc3)c-2cc1=NC1CCC(OC)CC1. The Morgan fingerprint density at radius 1 is 0.950 bits per heavy atom. The van der Waals surface area contributed by atoms with Crippen LogP contribution in [0, 0.1) is 0 Å². The van der Waals surface area contributed by atoms with Gasteiger partial charge in [-0.25, -0.2) is 9.97 Å². The summed E-state index contributed by atoms with van der Waals surface area (Å²) in [7, 11) is 3.42. The molecule has 40 heavy (non-hydrogen) atoms. The van der Waals surface area contributed by atoms with E-state index in [1.807, 2.05) is 30.3 Å². The van der Waals surface area contributed by atoms with Crippen LogP contribution < -0.4 is 15.4 Å². The van der Waals surface area contributed by atoms with Crippen LogP contribution in [0.2, 0.25) is 5.02 Å². The van der Waals surface area contributed by atoms with Crippen LogP contribution in [0.4, 0.5) is 11.4 Å². The maximum atomic E-state index is 6.18.